The van der Waals surface area contributed by atoms with Crippen molar-refractivity contribution in [3.63, 3.8) is 0 Å². The quantitative estimate of drug-likeness (QED) is 0.558. The minimum atomic E-state index is -0.131. The van der Waals surface area contributed by atoms with Gasteiger partial charge in [-0.05, 0) is 18.1 Å². The topological polar surface area (TPSA) is 46.0 Å². The SMILES string of the molecule is Cc1c(CCOC(=O)CCc2c[nH]c3ccccc23)sc[n+]1C. The molecular formula is C18H21N2O2S+. The Morgan fingerprint density at radius 1 is 1.30 bits per heavy atom. The van der Waals surface area contributed by atoms with Crippen molar-refractivity contribution in [2.75, 3.05) is 6.61 Å². The van der Waals surface area contributed by atoms with Crippen LogP contribution in [-0.4, -0.2) is 17.6 Å². The van der Waals surface area contributed by atoms with Crippen molar-refractivity contribution in [2.24, 2.45) is 7.05 Å². The largest absolute Gasteiger partial charge is 0.465 e. The van der Waals surface area contributed by atoms with E-state index in [1.165, 1.54) is 21.5 Å². The first kappa shape index (κ1) is 15.7. The van der Waals surface area contributed by atoms with Crippen molar-refractivity contribution in [2.45, 2.75) is 26.2 Å². The van der Waals surface area contributed by atoms with Crippen LogP contribution in [0.5, 0.6) is 0 Å². The zero-order chi connectivity index (χ0) is 16.2. The summed E-state index contributed by atoms with van der Waals surface area (Å²) in [6, 6.07) is 8.14. The van der Waals surface area contributed by atoms with E-state index in [1.54, 1.807) is 11.3 Å². The number of rotatable bonds is 6. The summed E-state index contributed by atoms with van der Waals surface area (Å²) in [7, 11) is 2.03. The number of nitrogens with zero attached hydrogens (tertiary/aromatic N) is 1. The normalized spacial score (nSPS) is 11.0. The number of thiazole rings is 1. The number of aromatic amines is 1. The van der Waals surface area contributed by atoms with Gasteiger partial charge in [0.05, 0.1) is 11.5 Å². The number of nitrogens with one attached hydrogen (secondary N) is 1. The number of ether oxygens (including phenoxy) is 1. The summed E-state index contributed by atoms with van der Waals surface area (Å²) in [5.74, 6) is -0.131. The fourth-order valence-corrected chi connectivity index (χ4v) is 3.61. The lowest BCUT2D eigenvalue weighted by molar-refractivity contribution is -0.672. The number of para-hydroxylation sites is 1. The van der Waals surface area contributed by atoms with Crippen molar-refractivity contribution >= 4 is 28.2 Å². The summed E-state index contributed by atoms with van der Waals surface area (Å²) >= 11 is 1.71. The molecule has 0 fully saturated rings. The number of H-pyrrole nitrogens is 1. The highest BCUT2D eigenvalue weighted by molar-refractivity contribution is 7.09. The Labute approximate surface area is 139 Å². The Hall–Kier alpha value is -2.14. The van der Waals surface area contributed by atoms with Crippen LogP contribution in [0.15, 0.2) is 36.0 Å². The molecule has 0 unspecified atom stereocenters. The van der Waals surface area contributed by atoms with E-state index in [9.17, 15) is 4.79 Å². The molecule has 0 aliphatic heterocycles. The Bertz CT molecular complexity index is 819. The van der Waals surface area contributed by atoms with Crippen molar-refractivity contribution in [1.82, 2.24) is 4.98 Å². The number of fused-ring (bicyclic) bond motifs is 1. The molecule has 0 atom stereocenters. The molecule has 3 aromatic rings. The average molecular weight is 329 g/mol. The maximum atomic E-state index is 11.9. The zero-order valence-corrected chi connectivity index (χ0v) is 14.3. The number of hydrogen-bond acceptors (Lipinski definition) is 3. The summed E-state index contributed by atoms with van der Waals surface area (Å²) in [6.45, 7) is 2.54. The standard InChI is InChI=1S/C18H21N2O2S/c1-13-17(23-12-20(13)2)9-10-22-18(21)8-7-14-11-19-16-6-4-3-5-15(14)16/h3-6,11-12,19H,7-10H2,1-2H3/q+1. The van der Waals surface area contributed by atoms with Crippen molar-refractivity contribution < 1.29 is 14.1 Å². The molecule has 120 valence electrons. The van der Waals surface area contributed by atoms with Crippen molar-refractivity contribution in [3.05, 3.63) is 52.1 Å². The van der Waals surface area contributed by atoms with Crippen molar-refractivity contribution in [3.8, 4) is 0 Å². The van der Waals surface area contributed by atoms with Gasteiger partial charge in [-0.3, -0.25) is 4.79 Å². The number of carbonyl (C=O) groups is 1. The van der Waals surface area contributed by atoms with Crippen LogP contribution >= 0.6 is 11.3 Å². The van der Waals surface area contributed by atoms with E-state index in [4.69, 9.17) is 4.74 Å². The van der Waals surface area contributed by atoms with Crippen molar-refractivity contribution in [1.29, 1.82) is 0 Å². The maximum Gasteiger partial charge on any atom is 0.306 e. The average Bonchev–Trinajstić information content (AvgIpc) is 3.11. The van der Waals surface area contributed by atoms with Gasteiger partial charge in [-0.25, -0.2) is 0 Å². The summed E-state index contributed by atoms with van der Waals surface area (Å²) in [6.07, 6.45) is 3.89. The minimum absolute atomic E-state index is 0.131. The van der Waals surface area contributed by atoms with Crippen LogP contribution in [0.4, 0.5) is 0 Å². The summed E-state index contributed by atoms with van der Waals surface area (Å²) < 4.78 is 7.46. The predicted octanol–water partition coefficient (Wildman–Crippen LogP) is 3.08. The molecule has 0 amide bonds. The molecule has 0 saturated carbocycles. The highest BCUT2D eigenvalue weighted by atomic mass is 32.1. The van der Waals surface area contributed by atoms with Crippen LogP contribution in [0, 0.1) is 6.92 Å². The van der Waals surface area contributed by atoms with E-state index in [2.05, 4.69) is 28.1 Å². The number of aryl methyl sites for hydroxylation is 2. The fourth-order valence-electron chi connectivity index (χ4n) is 2.65. The van der Waals surface area contributed by atoms with E-state index < -0.39 is 0 Å². The molecular weight excluding hydrogens is 308 g/mol. The highest BCUT2D eigenvalue weighted by Crippen LogP contribution is 2.19. The molecule has 2 aromatic heterocycles. The zero-order valence-electron chi connectivity index (χ0n) is 13.5. The van der Waals surface area contributed by atoms with Gasteiger partial charge in [0.25, 0.3) is 0 Å². The number of carbonyl (C=O) groups excluding carboxylic acids is 1. The molecule has 0 spiro atoms. The number of aromatic nitrogens is 2. The van der Waals surface area contributed by atoms with Crippen LogP contribution in [0.25, 0.3) is 10.9 Å². The second kappa shape index (κ2) is 6.96. The van der Waals surface area contributed by atoms with Gasteiger partial charge in [0.2, 0.25) is 5.51 Å². The first-order valence-corrected chi connectivity index (χ1v) is 8.66. The molecule has 1 aromatic carbocycles. The van der Waals surface area contributed by atoms with E-state index in [0.717, 1.165) is 11.9 Å². The molecule has 0 aliphatic rings. The third kappa shape index (κ3) is 3.62. The lowest BCUT2D eigenvalue weighted by Crippen LogP contribution is -2.28. The minimum Gasteiger partial charge on any atom is -0.465 e. The molecule has 0 radical (unpaired) electrons. The van der Waals surface area contributed by atoms with Crippen LogP contribution in [0.2, 0.25) is 0 Å². The van der Waals surface area contributed by atoms with Gasteiger partial charge in [-0.15, -0.1) is 0 Å². The Kier molecular flexibility index (Phi) is 4.76. The Balaban J connectivity index is 1.47. The highest BCUT2D eigenvalue weighted by Gasteiger charge is 2.12. The van der Waals surface area contributed by atoms with E-state index in [-0.39, 0.29) is 5.97 Å². The lowest BCUT2D eigenvalue weighted by atomic mass is 10.1. The molecule has 2 heterocycles. The first-order valence-electron chi connectivity index (χ1n) is 7.78. The summed E-state index contributed by atoms with van der Waals surface area (Å²) in [5.41, 5.74) is 5.59. The van der Waals surface area contributed by atoms with Crippen LogP contribution in [0.1, 0.15) is 22.6 Å². The monoisotopic (exact) mass is 329 g/mol. The summed E-state index contributed by atoms with van der Waals surface area (Å²) in [4.78, 5) is 16.4. The lowest BCUT2D eigenvalue weighted by Gasteiger charge is -2.03. The second-order valence-corrected chi connectivity index (χ2v) is 6.61. The first-order chi connectivity index (χ1) is 11.1. The summed E-state index contributed by atoms with van der Waals surface area (Å²) in [5, 5.41) is 1.18. The van der Waals surface area contributed by atoms with Gasteiger partial charge in [0.1, 0.15) is 7.05 Å². The number of hydrogen-bond donors (Lipinski definition) is 1. The Morgan fingerprint density at radius 3 is 2.91 bits per heavy atom. The van der Waals surface area contributed by atoms with Gasteiger partial charge in [-0.1, -0.05) is 29.5 Å². The molecule has 23 heavy (non-hydrogen) atoms. The maximum absolute atomic E-state index is 11.9. The van der Waals surface area contributed by atoms with E-state index in [0.29, 0.717) is 19.4 Å². The Morgan fingerprint density at radius 2 is 2.13 bits per heavy atom. The van der Waals surface area contributed by atoms with Gasteiger partial charge in [0.15, 0.2) is 5.69 Å². The smallest absolute Gasteiger partial charge is 0.306 e. The number of esters is 1. The molecule has 3 rings (SSSR count). The van der Waals surface area contributed by atoms with E-state index in [1.807, 2.05) is 31.4 Å². The van der Waals surface area contributed by atoms with Crippen LogP contribution in [-0.2, 0) is 29.4 Å². The molecule has 0 aliphatic carbocycles. The van der Waals surface area contributed by atoms with Gasteiger partial charge in [-0.2, -0.15) is 4.57 Å². The van der Waals surface area contributed by atoms with E-state index >= 15 is 0 Å². The molecule has 1 N–H and O–H groups in total. The fraction of sp³-hybridized carbons (Fsp3) is 0.333. The predicted molar refractivity (Wildman–Crippen MR) is 91.5 cm³/mol. The molecule has 5 heteroatoms. The van der Waals surface area contributed by atoms with Gasteiger partial charge < -0.3 is 9.72 Å². The molecule has 4 nitrogen and oxygen atoms in total. The molecule has 0 saturated heterocycles. The second-order valence-electron chi connectivity index (χ2n) is 5.67. The third-order valence-electron chi connectivity index (χ3n) is 4.15. The van der Waals surface area contributed by atoms with Gasteiger partial charge >= 0.3 is 5.97 Å². The number of benzene rings is 1. The third-order valence-corrected chi connectivity index (χ3v) is 5.36. The van der Waals surface area contributed by atoms with Crippen LogP contribution in [0.3, 0.4) is 0 Å². The molecule has 0 bridgehead atoms. The van der Waals surface area contributed by atoms with Gasteiger partial charge in [0, 0.05) is 36.9 Å². The van der Waals surface area contributed by atoms with Crippen LogP contribution < -0.4 is 4.57 Å².